The smallest absolute Gasteiger partial charge is 0.312 e. The maximum absolute atomic E-state index is 14.0. The number of sulfonamides is 1. The van der Waals surface area contributed by atoms with Crippen molar-refractivity contribution in [3.05, 3.63) is 106 Å². The number of benzene rings is 2. The quantitative estimate of drug-likeness (QED) is 0.0704. The molecule has 1 amide bonds. The van der Waals surface area contributed by atoms with E-state index >= 15 is 0 Å². The van der Waals surface area contributed by atoms with Gasteiger partial charge in [-0.05, 0) is 137 Å². The van der Waals surface area contributed by atoms with Crippen LogP contribution in [0.3, 0.4) is 0 Å². The Morgan fingerprint density at radius 1 is 0.971 bits per heavy atom. The molecule has 16 nitrogen and oxygen atoms in total. The van der Waals surface area contributed by atoms with Crippen molar-refractivity contribution in [2.45, 2.75) is 113 Å². The normalized spacial score (nSPS) is 22.8. The molecule has 6 heterocycles. The Morgan fingerprint density at radius 2 is 1.75 bits per heavy atom. The van der Waals surface area contributed by atoms with Crippen LogP contribution in [-0.2, 0) is 26.2 Å². The van der Waals surface area contributed by atoms with E-state index in [1.165, 1.54) is 43.0 Å². The Bertz CT molecular complexity index is 2920. The van der Waals surface area contributed by atoms with E-state index in [9.17, 15) is 27.5 Å². The number of likely N-dealkylation sites (tertiary alicyclic amines) is 1. The van der Waals surface area contributed by atoms with Gasteiger partial charge in [-0.15, -0.1) is 0 Å². The number of hydrogen-bond donors (Lipinski definition) is 3. The number of nitro groups is 1. The molecule has 68 heavy (non-hydrogen) atoms. The Morgan fingerprint density at radius 3 is 2.51 bits per heavy atom. The number of rotatable bonds is 14. The van der Waals surface area contributed by atoms with Crippen molar-refractivity contribution in [3.8, 4) is 11.5 Å². The number of amides is 1. The summed E-state index contributed by atoms with van der Waals surface area (Å²) in [6.45, 7) is 5.47. The molecule has 18 heteroatoms. The number of ether oxygens (including phenoxy) is 1. The minimum absolute atomic E-state index is 0.0371. The number of hydrogen-bond acceptors (Lipinski definition) is 13. The van der Waals surface area contributed by atoms with Crippen LogP contribution in [0.15, 0.2) is 88.5 Å². The number of H-pyrrole nitrogens is 1. The van der Waals surface area contributed by atoms with Gasteiger partial charge in [0.25, 0.3) is 15.9 Å². The summed E-state index contributed by atoms with van der Waals surface area (Å²) in [5.74, 6) is 1.03. The first-order chi connectivity index (χ1) is 32.9. The molecule has 5 fully saturated rings. The number of carbonyl (C=O) groups excluding carboxylic acids is 1. The lowest BCUT2D eigenvalue weighted by Crippen LogP contribution is -2.54. The van der Waals surface area contributed by atoms with Gasteiger partial charge in [-0.3, -0.25) is 19.8 Å². The predicted molar refractivity (Wildman–Crippen MR) is 263 cm³/mol. The third-order valence-corrected chi connectivity index (χ3v) is 19.2. The van der Waals surface area contributed by atoms with Gasteiger partial charge in [0.1, 0.15) is 22.0 Å². The van der Waals surface area contributed by atoms with Crippen LogP contribution in [-0.4, -0.2) is 93.1 Å². The number of nitrogens with one attached hydrogen (secondary N) is 3. The highest BCUT2D eigenvalue weighted by atomic mass is 32.2. The largest absolute Gasteiger partial charge is 0.455 e. The SMILES string of the molecule is CCc1ccccc1[C@H]1CCCN1C1CC2(CCN(c3ccc(C(=O)NS(=O)(=O)c4cnc(NCC5CCC(N=S6(=O)CCCC6)CC5)c([N+](=O)[O-])c4)c(Oc4cnc5[nH]ccc5c4)c3)CC2)C1. The van der Waals surface area contributed by atoms with Crippen molar-refractivity contribution < 1.29 is 27.1 Å². The molecule has 3 aromatic heterocycles. The van der Waals surface area contributed by atoms with Gasteiger partial charge in [-0.1, -0.05) is 31.2 Å². The van der Waals surface area contributed by atoms with Crippen molar-refractivity contribution in [1.29, 1.82) is 0 Å². The first kappa shape index (κ1) is 46.2. The van der Waals surface area contributed by atoms with E-state index in [1.54, 1.807) is 24.4 Å². The number of aryl methyl sites for hydroxylation is 1. The monoisotopic (exact) mass is 963 g/mol. The van der Waals surface area contributed by atoms with E-state index in [0.29, 0.717) is 46.9 Å². The highest BCUT2D eigenvalue weighted by Gasteiger charge is 2.50. The molecule has 1 spiro atoms. The van der Waals surface area contributed by atoms with Gasteiger partial charge in [0, 0.05) is 82.4 Å². The molecule has 5 aromatic rings. The zero-order valence-electron chi connectivity index (χ0n) is 38.6. The Balaban J connectivity index is 0.812. The topological polar surface area (TPSA) is 205 Å². The number of fused-ring (bicyclic) bond motifs is 1. The average molecular weight is 964 g/mol. The lowest BCUT2D eigenvalue weighted by atomic mass is 9.59. The summed E-state index contributed by atoms with van der Waals surface area (Å²) in [5.41, 5.74) is 4.21. The molecule has 10 rings (SSSR count). The number of pyridine rings is 2. The number of carbonyl (C=O) groups is 1. The first-order valence-electron chi connectivity index (χ1n) is 24.4. The fourth-order valence-corrected chi connectivity index (χ4v) is 15.0. The standard InChI is InChI=1S/C50H61N9O7S2/c1-2-35-8-3-4-9-42(35)44-10-7-21-58(44)39-29-50(30-39)18-22-57(23-19-50)38-15-16-43(46(27-38)66-40-26-36-17-20-51-47(36)53-32-40)49(60)56-68(64,65)41-28-45(59(61)62)48(54-33-41)52-31-34-11-13-37(14-12-34)55-67(63)24-5-6-25-67/h3-4,8-9,15-17,20,26-28,32-34,37,39,44H,2,5-7,10-14,18-19,21-25,29-31H2,1H3,(H,51,53)(H,52,54)(H,56,60)/t34?,37?,44-/m1/s1. The van der Waals surface area contributed by atoms with Gasteiger partial charge >= 0.3 is 5.69 Å². The molecule has 3 saturated heterocycles. The average Bonchev–Trinajstić information content (AvgIpc) is 4.12. The second-order valence-electron chi connectivity index (χ2n) is 19.6. The second kappa shape index (κ2) is 19.1. The van der Waals surface area contributed by atoms with E-state index in [0.717, 1.165) is 101 Å². The van der Waals surface area contributed by atoms with Gasteiger partial charge in [0.15, 0.2) is 0 Å². The van der Waals surface area contributed by atoms with Crippen LogP contribution in [0.25, 0.3) is 11.0 Å². The lowest BCUT2D eigenvalue weighted by Gasteiger charge is -2.56. The molecule has 2 saturated carbocycles. The number of piperidine rings is 1. The minimum atomic E-state index is -4.64. The Hall–Kier alpha value is -5.59. The zero-order chi connectivity index (χ0) is 47.0. The van der Waals surface area contributed by atoms with Gasteiger partial charge in [-0.25, -0.2) is 31.7 Å². The molecule has 0 bridgehead atoms. The van der Waals surface area contributed by atoms with E-state index < -0.39 is 41.2 Å². The molecule has 3 N–H and O–H groups in total. The Labute approximate surface area is 398 Å². The van der Waals surface area contributed by atoms with Crippen LogP contribution < -0.4 is 19.7 Å². The van der Waals surface area contributed by atoms with Gasteiger partial charge in [0.2, 0.25) is 5.82 Å². The summed E-state index contributed by atoms with van der Waals surface area (Å²) in [6.07, 6.45) is 17.5. The summed E-state index contributed by atoms with van der Waals surface area (Å²) >= 11 is 0. The second-order valence-corrected chi connectivity index (χ2v) is 23.9. The van der Waals surface area contributed by atoms with Crippen molar-refractivity contribution in [1.82, 2.24) is 24.6 Å². The summed E-state index contributed by atoms with van der Waals surface area (Å²) in [4.78, 5) is 41.8. The fourth-order valence-electron chi connectivity index (χ4n) is 11.6. The van der Waals surface area contributed by atoms with Crippen LogP contribution in [0.5, 0.6) is 11.5 Å². The molecule has 3 aliphatic heterocycles. The molecule has 0 unspecified atom stereocenters. The molecule has 5 aliphatic rings. The fraction of sp³-hybridized carbons (Fsp3) is 0.500. The lowest BCUT2D eigenvalue weighted by molar-refractivity contribution is -0.384. The summed E-state index contributed by atoms with van der Waals surface area (Å²) in [7, 11) is -6.72. The van der Waals surface area contributed by atoms with E-state index in [1.807, 2.05) is 12.1 Å². The highest BCUT2D eigenvalue weighted by Crippen LogP contribution is 2.54. The van der Waals surface area contributed by atoms with E-state index in [-0.39, 0.29) is 29.1 Å². The number of anilines is 2. The van der Waals surface area contributed by atoms with Gasteiger partial charge < -0.3 is 19.9 Å². The third kappa shape index (κ3) is 9.68. The molecular weight excluding hydrogens is 903 g/mol. The van der Waals surface area contributed by atoms with E-state index in [4.69, 9.17) is 9.10 Å². The van der Waals surface area contributed by atoms with Crippen LogP contribution in [0.4, 0.5) is 17.2 Å². The molecule has 0 radical (unpaired) electrons. The molecule has 1 atom stereocenters. The number of aromatic amines is 1. The van der Waals surface area contributed by atoms with Crippen molar-refractivity contribution in [2.24, 2.45) is 15.7 Å². The zero-order valence-corrected chi connectivity index (χ0v) is 40.2. The minimum Gasteiger partial charge on any atom is -0.455 e. The van der Waals surface area contributed by atoms with E-state index in [2.05, 4.69) is 66.0 Å². The van der Waals surface area contributed by atoms with Crippen molar-refractivity contribution >= 4 is 53.9 Å². The maximum Gasteiger partial charge on any atom is 0.312 e. The first-order valence-corrected chi connectivity index (χ1v) is 27.7. The summed E-state index contributed by atoms with van der Waals surface area (Å²) in [5, 5.41) is 16.1. The number of nitrogens with zero attached hydrogens (tertiary/aromatic N) is 6. The molecular formula is C50H61N9O7S2. The number of aromatic nitrogens is 3. The maximum atomic E-state index is 14.0. The van der Waals surface area contributed by atoms with Crippen LogP contribution in [0.1, 0.15) is 112 Å². The van der Waals surface area contributed by atoms with Gasteiger partial charge in [-0.2, -0.15) is 0 Å². The predicted octanol–water partition coefficient (Wildman–Crippen LogP) is 9.16. The van der Waals surface area contributed by atoms with Gasteiger partial charge in [0.05, 0.1) is 28.9 Å². The molecule has 360 valence electrons. The van der Waals surface area contributed by atoms with Crippen molar-refractivity contribution in [3.63, 3.8) is 0 Å². The van der Waals surface area contributed by atoms with Crippen LogP contribution in [0, 0.1) is 21.4 Å². The molecule has 2 aromatic carbocycles. The van der Waals surface area contributed by atoms with Crippen LogP contribution in [0.2, 0.25) is 0 Å². The van der Waals surface area contributed by atoms with Crippen molar-refractivity contribution in [2.75, 3.05) is 47.9 Å². The van der Waals surface area contributed by atoms with Crippen LogP contribution >= 0.6 is 0 Å². The summed E-state index contributed by atoms with van der Waals surface area (Å²) in [6, 6.07) is 19.8. The Kier molecular flexibility index (Phi) is 12.9. The molecule has 2 aliphatic carbocycles. The third-order valence-electron chi connectivity index (χ3n) is 15.4. The summed E-state index contributed by atoms with van der Waals surface area (Å²) < 4.78 is 53.7. The highest BCUT2D eigenvalue weighted by molar-refractivity contribution is 7.93.